The predicted octanol–water partition coefficient (Wildman–Crippen LogP) is 8.34. The lowest BCUT2D eigenvalue weighted by atomic mass is 9.88. The lowest BCUT2D eigenvalue weighted by molar-refractivity contribution is -0.142. The summed E-state index contributed by atoms with van der Waals surface area (Å²) in [5.41, 5.74) is 6.86. The van der Waals surface area contributed by atoms with Gasteiger partial charge < -0.3 is 9.90 Å². The number of rotatable bonds is 6. The minimum atomic E-state index is -0.847. The van der Waals surface area contributed by atoms with Crippen molar-refractivity contribution >= 4 is 17.5 Å². The van der Waals surface area contributed by atoms with Crippen LogP contribution in [-0.2, 0) is 16.0 Å². The lowest BCUT2D eigenvalue weighted by Gasteiger charge is -2.15. The van der Waals surface area contributed by atoms with Crippen molar-refractivity contribution in [2.24, 2.45) is 11.8 Å². The number of hydrogen-bond donors (Lipinski definition) is 1. The number of Topliss-reactive ketones (excluding diaryl/α,β-unsaturated/α-hetero) is 2. The van der Waals surface area contributed by atoms with Gasteiger partial charge in [-0.15, -0.1) is 0 Å². The molecule has 0 spiro atoms. The molecule has 2 unspecified atom stereocenters. The summed E-state index contributed by atoms with van der Waals surface area (Å²) in [6.45, 7) is 9.48. The zero-order chi connectivity index (χ0) is 28.1. The maximum atomic E-state index is 12.7. The molecule has 2 aliphatic carbocycles. The van der Waals surface area contributed by atoms with Gasteiger partial charge in [-0.3, -0.25) is 9.59 Å². The van der Waals surface area contributed by atoms with E-state index in [-0.39, 0.29) is 17.5 Å². The van der Waals surface area contributed by atoms with Crippen LogP contribution in [-0.4, -0.2) is 22.6 Å². The Morgan fingerprint density at radius 3 is 2.16 bits per heavy atom. The van der Waals surface area contributed by atoms with E-state index in [0.29, 0.717) is 18.4 Å². The summed E-state index contributed by atoms with van der Waals surface area (Å²) in [7, 11) is 0. The van der Waals surface area contributed by atoms with Gasteiger partial charge in [0.2, 0.25) is 0 Å². The van der Waals surface area contributed by atoms with Gasteiger partial charge in [0.25, 0.3) is 0 Å². The Bertz CT molecular complexity index is 1180. The molecule has 1 saturated carbocycles. The summed E-state index contributed by atoms with van der Waals surface area (Å²) in [6.07, 6.45) is 16.0. The molecule has 2 aliphatic rings. The fourth-order valence-electron chi connectivity index (χ4n) is 4.69. The third-order valence-corrected chi connectivity index (χ3v) is 6.69. The molecular formula is C34H42O4. The van der Waals surface area contributed by atoms with Gasteiger partial charge in [0.1, 0.15) is 5.78 Å². The number of carbonyl (C=O) groups is 3. The first-order valence-corrected chi connectivity index (χ1v) is 13.6. The zero-order valence-electron chi connectivity index (χ0n) is 23.5. The number of carbonyl (C=O) groups excluding carboxylic acids is 2. The molecule has 0 heterocycles. The average Bonchev–Trinajstić information content (AvgIpc) is 3.26. The number of hydrogen-bond acceptors (Lipinski definition) is 3. The molecule has 2 aromatic rings. The van der Waals surface area contributed by atoms with Gasteiger partial charge in [-0.05, 0) is 75.6 Å². The number of allylic oxidation sites excluding steroid dienone is 6. The van der Waals surface area contributed by atoms with E-state index in [4.69, 9.17) is 0 Å². The second-order valence-corrected chi connectivity index (χ2v) is 10.2. The van der Waals surface area contributed by atoms with E-state index in [0.717, 1.165) is 36.8 Å². The summed E-state index contributed by atoms with van der Waals surface area (Å²) < 4.78 is 0. The Morgan fingerprint density at radius 1 is 0.895 bits per heavy atom. The van der Waals surface area contributed by atoms with Crippen molar-refractivity contribution in [1.29, 1.82) is 0 Å². The predicted molar refractivity (Wildman–Crippen MR) is 156 cm³/mol. The van der Waals surface area contributed by atoms with Gasteiger partial charge in [-0.1, -0.05) is 98.2 Å². The molecule has 4 rings (SSSR count). The van der Waals surface area contributed by atoms with E-state index < -0.39 is 11.9 Å². The van der Waals surface area contributed by atoms with E-state index >= 15 is 0 Å². The van der Waals surface area contributed by atoms with E-state index in [1.165, 1.54) is 30.5 Å². The molecule has 0 aliphatic heterocycles. The molecule has 1 N–H and O–H groups in total. The largest absolute Gasteiger partial charge is 0.481 e. The maximum Gasteiger partial charge on any atom is 0.307 e. The molecule has 2 aromatic carbocycles. The van der Waals surface area contributed by atoms with Crippen molar-refractivity contribution in [2.45, 2.75) is 73.1 Å². The highest BCUT2D eigenvalue weighted by Crippen LogP contribution is 2.35. The van der Waals surface area contributed by atoms with E-state index in [9.17, 15) is 19.5 Å². The first-order chi connectivity index (χ1) is 18.1. The summed E-state index contributed by atoms with van der Waals surface area (Å²) in [5, 5.41) is 9.31. The number of aryl methyl sites for hydroxylation is 2. The van der Waals surface area contributed by atoms with Crippen molar-refractivity contribution in [1.82, 2.24) is 0 Å². The van der Waals surface area contributed by atoms with Crippen LogP contribution in [0.2, 0.25) is 0 Å². The number of benzene rings is 2. The number of ketones is 2. The molecule has 4 nitrogen and oxygen atoms in total. The van der Waals surface area contributed by atoms with Crippen LogP contribution in [0.4, 0.5) is 0 Å². The Hall–Kier alpha value is -3.53. The van der Waals surface area contributed by atoms with Crippen LogP contribution in [0.3, 0.4) is 0 Å². The number of carboxylic acids is 1. The number of carboxylic acid groups (broad SMARTS) is 1. The third-order valence-electron chi connectivity index (χ3n) is 6.69. The standard InChI is InChI=1S/C23H26O3.C8H10.C3H6O/c1-3-5-18-14-19(9-8-15(18)2)16-10-12-17(13-11-16)22(24)20-6-4-7-21(20)23(25)26;1-8-6-4-2-3-5-7-8;1-3(2)4/h8-14,20-21H,3-7H2,1-2H3,(H,25,26);2,4-7H,3H2,1H3;1-2H3. The van der Waals surface area contributed by atoms with Gasteiger partial charge in [0.15, 0.2) is 5.78 Å². The zero-order valence-corrected chi connectivity index (χ0v) is 23.5. The quantitative estimate of drug-likeness (QED) is 0.393. The summed E-state index contributed by atoms with van der Waals surface area (Å²) >= 11 is 0. The van der Waals surface area contributed by atoms with Gasteiger partial charge >= 0.3 is 5.97 Å². The normalized spacial score (nSPS) is 17.8. The van der Waals surface area contributed by atoms with Crippen LogP contribution in [0.5, 0.6) is 0 Å². The minimum absolute atomic E-state index is 0.0305. The maximum absolute atomic E-state index is 12.7. The molecule has 4 heteroatoms. The Kier molecular flexibility index (Phi) is 12.6. The van der Waals surface area contributed by atoms with Crippen LogP contribution in [0.1, 0.15) is 81.3 Å². The molecule has 0 aromatic heterocycles. The van der Waals surface area contributed by atoms with Gasteiger partial charge in [0, 0.05) is 11.5 Å². The van der Waals surface area contributed by atoms with Crippen molar-refractivity contribution < 1.29 is 19.5 Å². The molecule has 2 atom stereocenters. The van der Waals surface area contributed by atoms with Crippen molar-refractivity contribution in [3.05, 3.63) is 95.1 Å². The Labute approximate surface area is 228 Å². The first-order valence-electron chi connectivity index (χ1n) is 13.6. The van der Waals surface area contributed by atoms with Crippen LogP contribution in [0.15, 0.2) is 78.4 Å². The monoisotopic (exact) mass is 514 g/mol. The molecule has 1 fully saturated rings. The topological polar surface area (TPSA) is 71.4 Å². The second kappa shape index (κ2) is 15.7. The lowest BCUT2D eigenvalue weighted by Crippen LogP contribution is -2.25. The van der Waals surface area contributed by atoms with E-state index in [1.807, 2.05) is 24.3 Å². The summed E-state index contributed by atoms with van der Waals surface area (Å²) in [5.74, 6) is -1.62. The molecule has 38 heavy (non-hydrogen) atoms. The molecule has 0 saturated heterocycles. The van der Waals surface area contributed by atoms with Gasteiger partial charge in [-0.2, -0.15) is 0 Å². The highest BCUT2D eigenvalue weighted by Gasteiger charge is 2.37. The fourth-order valence-corrected chi connectivity index (χ4v) is 4.69. The smallest absolute Gasteiger partial charge is 0.307 e. The highest BCUT2D eigenvalue weighted by atomic mass is 16.4. The minimum Gasteiger partial charge on any atom is -0.481 e. The van der Waals surface area contributed by atoms with Crippen molar-refractivity contribution in [3.8, 4) is 11.1 Å². The number of aliphatic carboxylic acids is 1. The Morgan fingerprint density at radius 2 is 1.53 bits per heavy atom. The molecule has 0 bridgehead atoms. The van der Waals surface area contributed by atoms with Crippen molar-refractivity contribution in [2.75, 3.05) is 0 Å². The fraction of sp³-hybridized carbons (Fsp3) is 0.382. The summed E-state index contributed by atoms with van der Waals surface area (Å²) in [6, 6.07) is 14.1. The Balaban J connectivity index is 0.000000349. The molecule has 0 radical (unpaired) electrons. The highest BCUT2D eigenvalue weighted by molar-refractivity contribution is 6.00. The molecule has 0 amide bonds. The van der Waals surface area contributed by atoms with Crippen LogP contribution in [0.25, 0.3) is 11.1 Å². The first kappa shape index (κ1) is 30.7. The van der Waals surface area contributed by atoms with E-state index in [2.05, 4.69) is 69.4 Å². The molecule has 202 valence electrons. The van der Waals surface area contributed by atoms with Crippen molar-refractivity contribution in [3.63, 3.8) is 0 Å². The molecular weight excluding hydrogens is 472 g/mol. The average molecular weight is 515 g/mol. The van der Waals surface area contributed by atoms with Gasteiger partial charge in [0.05, 0.1) is 5.92 Å². The second-order valence-electron chi connectivity index (χ2n) is 10.2. The van der Waals surface area contributed by atoms with Gasteiger partial charge in [-0.25, -0.2) is 0 Å². The summed E-state index contributed by atoms with van der Waals surface area (Å²) in [4.78, 5) is 33.5. The van der Waals surface area contributed by atoms with Crippen LogP contribution < -0.4 is 0 Å². The van der Waals surface area contributed by atoms with Crippen LogP contribution >= 0.6 is 0 Å². The van der Waals surface area contributed by atoms with Crippen LogP contribution in [0, 0.1) is 18.8 Å². The third kappa shape index (κ3) is 9.74. The SMILES string of the molecule is CC(C)=O.CC1=CC=CCC=C1.CCCc1cc(-c2ccc(C(=O)C3CCCC3C(=O)O)cc2)ccc1C. The van der Waals surface area contributed by atoms with E-state index in [1.54, 1.807) is 0 Å².